The van der Waals surface area contributed by atoms with Crippen LogP contribution in [0.25, 0.3) is 0 Å². The molecule has 3 unspecified atom stereocenters. The first kappa shape index (κ1) is 24.2. The van der Waals surface area contributed by atoms with E-state index in [1.165, 1.54) is 24.3 Å². The highest BCUT2D eigenvalue weighted by atomic mass is 32.1. The maximum Gasteiger partial charge on any atom is 0.326 e. The Morgan fingerprint density at radius 3 is 2.00 bits per heavy atom. The van der Waals surface area contributed by atoms with E-state index in [1.807, 2.05) is 0 Å². The molecule has 3 amide bonds. The Hall–Kier alpha value is -2.83. The zero-order valence-corrected chi connectivity index (χ0v) is 16.3. The highest BCUT2D eigenvalue weighted by molar-refractivity contribution is 7.80. The van der Waals surface area contributed by atoms with Crippen molar-refractivity contribution < 1.29 is 34.5 Å². The molecule has 0 heterocycles. The van der Waals surface area contributed by atoms with Crippen molar-refractivity contribution >= 4 is 36.3 Å². The highest BCUT2D eigenvalue weighted by Gasteiger charge is 2.28. The summed E-state index contributed by atoms with van der Waals surface area (Å²) in [6, 6.07) is 1.97. The summed E-state index contributed by atoms with van der Waals surface area (Å²) in [6.07, 6.45) is -0.0551. The lowest BCUT2D eigenvalue weighted by molar-refractivity contribution is -0.142. The molecule has 0 spiro atoms. The largest absolute Gasteiger partial charge is 0.508 e. The van der Waals surface area contributed by atoms with Crippen LogP contribution in [-0.2, 0) is 25.6 Å². The average molecular weight is 428 g/mol. The molecule has 0 bridgehead atoms. The number of hydrogen-bond acceptors (Lipinski definition) is 8. The Morgan fingerprint density at radius 2 is 1.52 bits per heavy atom. The summed E-state index contributed by atoms with van der Waals surface area (Å²) in [4.78, 5) is 47.3. The molecule has 0 aliphatic rings. The zero-order chi connectivity index (χ0) is 22.0. The summed E-state index contributed by atoms with van der Waals surface area (Å²) < 4.78 is 0. The van der Waals surface area contributed by atoms with Gasteiger partial charge in [-0.05, 0) is 17.7 Å². The Kier molecular flexibility index (Phi) is 9.92. The van der Waals surface area contributed by atoms with Crippen molar-refractivity contribution in [2.75, 3.05) is 18.9 Å². The molecule has 11 nitrogen and oxygen atoms in total. The van der Waals surface area contributed by atoms with Crippen molar-refractivity contribution in [2.24, 2.45) is 5.73 Å². The van der Waals surface area contributed by atoms with E-state index in [0.717, 1.165) is 0 Å². The number of aromatic hydroxyl groups is 1. The third kappa shape index (κ3) is 7.97. The standard InChI is InChI=1S/C17H24N4O7S/c18-6-14(24)19-12(7-22)15(25)21-13(8-29)16(26)20-11(17(27)28)5-9-1-3-10(23)4-2-9/h1-4,11-13,22-23,29H,5-8,18H2,(H,19,24)(H,20,26)(H,21,25)(H,27,28). The van der Waals surface area contributed by atoms with E-state index in [4.69, 9.17) is 5.73 Å². The SMILES string of the molecule is NCC(=O)NC(CO)C(=O)NC(CS)C(=O)NC(Cc1ccc(O)cc1)C(=O)O. The van der Waals surface area contributed by atoms with Gasteiger partial charge < -0.3 is 37.0 Å². The molecule has 8 N–H and O–H groups in total. The van der Waals surface area contributed by atoms with E-state index >= 15 is 0 Å². The van der Waals surface area contributed by atoms with E-state index in [2.05, 4.69) is 28.6 Å². The third-order valence-corrected chi connectivity index (χ3v) is 4.19. The first-order valence-electron chi connectivity index (χ1n) is 8.54. The van der Waals surface area contributed by atoms with Crippen LogP contribution in [0.1, 0.15) is 5.56 Å². The maximum absolute atomic E-state index is 12.4. The molecule has 0 aliphatic carbocycles. The van der Waals surface area contributed by atoms with Crippen molar-refractivity contribution in [1.82, 2.24) is 16.0 Å². The lowest BCUT2D eigenvalue weighted by Crippen LogP contribution is -2.57. The van der Waals surface area contributed by atoms with E-state index in [0.29, 0.717) is 5.56 Å². The number of phenolic OH excluding ortho intramolecular Hbond substituents is 1. The number of thiol groups is 1. The van der Waals surface area contributed by atoms with Gasteiger partial charge in [-0.3, -0.25) is 14.4 Å². The van der Waals surface area contributed by atoms with Crippen LogP contribution in [0.4, 0.5) is 0 Å². The first-order valence-corrected chi connectivity index (χ1v) is 9.17. The number of nitrogens with two attached hydrogens (primary N) is 1. The van der Waals surface area contributed by atoms with Crippen LogP contribution in [-0.4, -0.2) is 76.0 Å². The van der Waals surface area contributed by atoms with Crippen LogP contribution in [0, 0.1) is 0 Å². The Balaban J connectivity index is 2.77. The number of amides is 3. The number of nitrogens with one attached hydrogen (secondary N) is 3. The van der Waals surface area contributed by atoms with E-state index in [1.54, 1.807) is 0 Å². The fraction of sp³-hybridized carbons (Fsp3) is 0.412. The lowest BCUT2D eigenvalue weighted by atomic mass is 10.1. The van der Waals surface area contributed by atoms with Crippen molar-refractivity contribution in [3.63, 3.8) is 0 Å². The fourth-order valence-electron chi connectivity index (χ4n) is 2.25. The first-order chi connectivity index (χ1) is 13.7. The number of aliphatic carboxylic acids is 1. The van der Waals surface area contributed by atoms with E-state index < -0.39 is 55.0 Å². The minimum Gasteiger partial charge on any atom is -0.508 e. The van der Waals surface area contributed by atoms with Gasteiger partial charge in [-0.1, -0.05) is 12.1 Å². The van der Waals surface area contributed by atoms with Crippen molar-refractivity contribution in [3.05, 3.63) is 29.8 Å². The molecule has 29 heavy (non-hydrogen) atoms. The molecular formula is C17H24N4O7S. The molecule has 0 saturated heterocycles. The summed E-state index contributed by atoms with van der Waals surface area (Å²) in [5.74, 6) is -3.77. The van der Waals surface area contributed by atoms with Crippen LogP contribution < -0.4 is 21.7 Å². The molecule has 1 aromatic carbocycles. The van der Waals surface area contributed by atoms with Crippen LogP contribution >= 0.6 is 12.6 Å². The van der Waals surface area contributed by atoms with Gasteiger partial charge in [-0.2, -0.15) is 12.6 Å². The second-order valence-corrected chi connectivity index (χ2v) is 6.39. The molecule has 0 radical (unpaired) electrons. The molecule has 0 saturated carbocycles. The summed E-state index contributed by atoms with van der Waals surface area (Å²) in [6.45, 7) is -1.12. The minimum absolute atomic E-state index is 0.0164. The summed E-state index contributed by atoms with van der Waals surface area (Å²) >= 11 is 3.98. The number of hydrogen-bond donors (Lipinski definition) is 8. The fourth-order valence-corrected chi connectivity index (χ4v) is 2.51. The van der Waals surface area contributed by atoms with Crippen LogP contribution in [0.3, 0.4) is 0 Å². The van der Waals surface area contributed by atoms with Gasteiger partial charge in [0, 0.05) is 12.2 Å². The molecule has 0 fully saturated rings. The van der Waals surface area contributed by atoms with Gasteiger partial charge >= 0.3 is 5.97 Å². The van der Waals surface area contributed by atoms with Gasteiger partial charge in [0.2, 0.25) is 17.7 Å². The number of aliphatic hydroxyl groups excluding tert-OH is 1. The lowest BCUT2D eigenvalue weighted by Gasteiger charge is -2.22. The summed E-state index contributed by atoms with van der Waals surface area (Å²) in [5, 5.41) is 34.7. The van der Waals surface area contributed by atoms with Gasteiger partial charge in [0.15, 0.2) is 0 Å². The van der Waals surface area contributed by atoms with Crippen LogP contribution in [0.15, 0.2) is 24.3 Å². The average Bonchev–Trinajstić information content (AvgIpc) is 2.70. The molecule has 1 rings (SSSR count). The number of phenols is 1. The molecule has 3 atom stereocenters. The molecular weight excluding hydrogens is 404 g/mol. The monoisotopic (exact) mass is 428 g/mol. The van der Waals surface area contributed by atoms with Crippen molar-refractivity contribution in [3.8, 4) is 5.75 Å². The number of carboxylic acids is 1. The van der Waals surface area contributed by atoms with Crippen molar-refractivity contribution in [2.45, 2.75) is 24.5 Å². The second kappa shape index (κ2) is 11.9. The van der Waals surface area contributed by atoms with Gasteiger partial charge in [0.05, 0.1) is 13.2 Å². The molecule has 1 aromatic rings. The highest BCUT2D eigenvalue weighted by Crippen LogP contribution is 2.11. The van der Waals surface area contributed by atoms with Gasteiger partial charge in [-0.25, -0.2) is 4.79 Å². The molecule has 12 heteroatoms. The number of aliphatic hydroxyl groups is 1. The van der Waals surface area contributed by atoms with E-state index in [9.17, 15) is 34.5 Å². The van der Waals surface area contributed by atoms with Gasteiger partial charge in [-0.15, -0.1) is 0 Å². The number of rotatable bonds is 11. The van der Waals surface area contributed by atoms with Gasteiger partial charge in [0.25, 0.3) is 0 Å². The van der Waals surface area contributed by atoms with Crippen LogP contribution in [0.5, 0.6) is 5.75 Å². The molecule has 0 aromatic heterocycles. The normalized spacial score (nSPS) is 13.6. The Bertz CT molecular complexity index is 729. The number of carbonyl (C=O) groups is 4. The van der Waals surface area contributed by atoms with Gasteiger partial charge in [0.1, 0.15) is 23.9 Å². The summed E-state index contributed by atoms with van der Waals surface area (Å²) in [5.41, 5.74) is 5.70. The van der Waals surface area contributed by atoms with Crippen molar-refractivity contribution in [1.29, 1.82) is 0 Å². The third-order valence-electron chi connectivity index (χ3n) is 3.83. The predicted molar refractivity (Wildman–Crippen MR) is 105 cm³/mol. The second-order valence-electron chi connectivity index (χ2n) is 6.02. The van der Waals surface area contributed by atoms with Crippen LogP contribution in [0.2, 0.25) is 0 Å². The Morgan fingerprint density at radius 1 is 0.966 bits per heavy atom. The number of benzene rings is 1. The molecule has 0 aliphatic heterocycles. The summed E-state index contributed by atoms with van der Waals surface area (Å²) in [7, 11) is 0. The number of carboxylic acid groups (broad SMARTS) is 1. The number of carbonyl (C=O) groups excluding carboxylic acids is 3. The maximum atomic E-state index is 12.4. The quantitative estimate of drug-likeness (QED) is 0.175. The minimum atomic E-state index is -1.33. The topological polar surface area (TPSA) is 191 Å². The van der Waals surface area contributed by atoms with E-state index in [-0.39, 0.29) is 17.9 Å². The zero-order valence-electron chi connectivity index (χ0n) is 15.4. The molecule has 160 valence electrons. The smallest absolute Gasteiger partial charge is 0.326 e. The Labute approximate surface area is 172 Å². The predicted octanol–water partition coefficient (Wildman–Crippen LogP) is -2.65.